The number of hydrogen-bond acceptors (Lipinski definition) is 5. The molecular weight excluding hydrogens is 216 g/mol. The van der Waals surface area contributed by atoms with E-state index in [1.807, 2.05) is 19.1 Å². The Kier molecular flexibility index (Phi) is 3.49. The van der Waals surface area contributed by atoms with Crippen LogP contribution in [0, 0.1) is 6.92 Å². The number of methoxy groups -OCH3 is 1. The summed E-state index contributed by atoms with van der Waals surface area (Å²) < 4.78 is 5.19. The summed E-state index contributed by atoms with van der Waals surface area (Å²) >= 11 is 0. The summed E-state index contributed by atoms with van der Waals surface area (Å²) in [5, 5.41) is 3.16. The van der Waals surface area contributed by atoms with Crippen molar-refractivity contribution in [2.75, 3.05) is 12.4 Å². The van der Waals surface area contributed by atoms with Crippen molar-refractivity contribution in [3.63, 3.8) is 0 Å². The molecule has 17 heavy (non-hydrogen) atoms. The highest BCUT2D eigenvalue weighted by Crippen LogP contribution is 2.20. The number of nitrogens with zero attached hydrogens (tertiary/aromatic N) is 3. The number of aryl methyl sites for hydroxylation is 1. The average molecular weight is 230 g/mol. The van der Waals surface area contributed by atoms with Crippen LogP contribution < -0.4 is 10.1 Å². The van der Waals surface area contributed by atoms with E-state index in [0.29, 0.717) is 18.1 Å². The lowest BCUT2D eigenvalue weighted by Crippen LogP contribution is -2.05. The maximum absolute atomic E-state index is 5.19. The minimum absolute atomic E-state index is 0.570. The minimum Gasteiger partial charge on any atom is -0.493 e. The zero-order chi connectivity index (χ0) is 12.1. The van der Waals surface area contributed by atoms with Crippen LogP contribution in [0.2, 0.25) is 0 Å². The second kappa shape index (κ2) is 5.25. The molecule has 0 unspecified atom stereocenters. The Bertz CT molecular complexity index is 484. The summed E-state index contributed by atoms with van der Waals surface area (Å²) in [6, 6.07) is 3.69. The fourth-order valence-electron chi connectivity index (χ4n) is 1.37. The molecule has 2 rings (SSSR count). The van der Waals surface area contributed by atoms with Crippen LogP contribution in [-0.4, -0.2) is 22.1 Å². The second-order valence-corrected chi connectivity index (χ2v) is 3.56. The zero-order valence-electron chi connectivity index (χ0n) is 9.84. The SMILES string of the molecule is COc1cccnc1NCc1cnc(C)cn1. The van der Waals surface area contributed by atoms with E-state index in [4.69, 9.17) is 4.74 Å². The highest BCUT2D eigenvalue weighted by Gasteiger charge is 2.02. The van der Waals surface area contributed by atoms with Crippen molar-refractivity contribution < 1.29 is 4.74 Å². The standard InChI is InChI=1S/C12H14N4O/c1-9-6-15-10(7-14-9)8-16-12-11(17-2)4-3-5-13-12/h3-7H,8H2,1-2H3,(H,13,16). The van der Waals surface area contributed by atoms with Gasteiger partial charge >= 0.3 is 0 Å². The minimum atomic E-state index is 0.570. The molecule has 0 aliphatic heterocycles. The van der Waals surface area contributed by atoms with Gasteiger partial charge in [0.1, 0.15) is 0 Å². The predicted octanol–water partition coefficient (Wildman–Crippen LogP) is 1.80. The van der Waals surface area contributed by atoms with E-state index >= 15 is 0 Å². The first-order valence-corrected chi connectivity index (χ1v) is 5.30. The van der Waals surface area contributed by atoms with Gasteiger partial charge in [0, 0.05) is 12.4 Å². The molecule has 2 aromatic rings. The summed E-state index contributed by atoms with van der Waals surface area (Å²) in [6.07, 6.45) is 5.20. The van der Waals surface area contributed by atoms with Gasteiger partial charge in [0.25, 0.3) is 0 Å². The van der Waals surface area contributed by atoms with Gasteiger partial charge in [-0.3, -0.25) is 9.97 Å². The Labute approximate surface area is 99.9 Å². The summed E-state index contributed by atoms with van der Waals surface area (Å²) in [4.78, 5) is 12.6. The van der Waals surface area contributed by atoms with Crippen LogP contribution in [0.5, 0.6) is 5.75 Å². The molecule has 0 atom stereocenters. The molecule has 5 nitrogen and oxygen atoms in total. The first-order valence-electron chi connectivity index (χ1n) is 5.30. The number of pyridine rings is 1. The van der Waals surface area contributed by atoms with E-state index in [2.05, 4.69) is 20.3 Å². The van der Waals surface area contributed by atoms with Crippen LogP contribution in [0.4, 0.5) is 5.82 Å². The van der Waals surface area contributed by atoms with E-state index < -0.39 is 0 Å². The Balaban J connectivity index is 2.04. The normalized spacial score (nSPS) is 10.0. The number of hydrogen-bond donors (Lipinski definition) is 1. The third kappa shape index (κ3) is 2.90. The van der Waals surface area contributed by atoms with E-state index in [0.717, 1.165) is 11.4 Å². The van der Waals surface area contributed by atoms with Crippen molar-refractivity contribution in [3.8, 4) is 5.75 Å². The van der Waals surface area contributed by atoms with Gasteiger partial charge < -0.3 is 10.1 Å². The van der Waals surface area contributed by atoms with Crippen LogP contribution in [0.1, 0.15) is 11.4 Å². The van der Waals surface area contributed by atoms with Crippen LogP contribution in [0.25, 0.3) is 0 Å². The van der Waals surface area contributed by atoms with Crippen molar-refractivity contribution in [1.82, 2.24) is 15.0 Å². The third-order valence-corrected chi connectivity index (χ3v) is 2.26. The lowest BCUT2D eigenvalue weighted by Gasteiger charge is -2.08. The smallest absolute Gasteiger partial charge is 0.169 e. The van der Waals surface area contributed by atoms with Gasteiger partial charge in [0.05, 0.1) is 31.2 Å². The van der Waals surface area contributed by atoms with Crippen molar-refractivity contribution >= 4 is 5.82 Å². The van der Waals surface area contributed by atoms with Crippen molar-refractivity contribution in [3.05, 3.63) is 42.1 Å². The molecule has 0 aliphatic carbocycles. The van der Waals surface area contributed by atoms with Crippen molar-refractivity contribution in [2.45, 2.75) is 13.5 Å². The number of nitrogens with one attached hydrogen (secondary N) is 1. The molecule has 88 valence electrons. The zero-order valence-corrected chi connectivity index (χ0v) is 9.84. The number of rotatable bonds is 4. The Morgan fingerprint density at radius 2 is 2.12 bits per heavy atom. The highest BCUT2D eigenvalue weighted by molar-refractivity contribution is 5.49. The molecule has 0 aromatic carbocycles. The molecule has 0 saturated carbocycles. The molecule has 2 heterocycles. The molecule has 2 aromatic heterocycles. The molecule has 0 fully saturated rings. The van der Waals surface area contributed by atoms with Crippen LogP contribution >= 0.6 is 0 Å². The van der Waals surface area contributed by atoms with Crippen LogP contribution in [0.15, 0.2) is 30.7 Å². The average Bonchev–Trinajstić information content (AvgIpc) is 2.38. The molecule has 0 spiro atoms. The Morgan fingerprint density at radius 1 is 1.24 bits per heavy atom. The summed E-state index contributed by atoms with van der Waals surface area (Å²) in [6.45, 7) is 2.48. The van der Waals surface area contributed by atoms with Gasteiger partial charge in [-0.25, -0.2) is 4.98 Å². The van der Waals surface area contributed by atoms with E-state index in [9.17, 15) is 0 Å². The maximum atomic E-state index is 5.19. The maximum Gasteiger partial charge on any atom is 0.169 e. The van der Waals surface area contributed by atoms with Gasteiger partial charge in [0.15, 0.2) is 11.6 Å². The monoisotopic (exact) mass is 230 g/mol. The second-order valence-electron chi connectivity index (χ2n) is 3.56. The van der Waals surface area contributed by atoms with Gasteiger partial charge in [0.2, 0.25) is 0 Å². The lowest BCUT2D eigenvalue weighted by atomic mass is 10.4. The van der Waals surface area contributed by atoms with E-state index in [1.165, 1.54) is 0 Å². The Morgan fingerprint density at radius 3 is 2.82 bits per heavy atom. The van der Waals surface area contributed by atoms with Crippen molar-refractivity contribution in [1.29, 1.82) is 0 Å². The van der Waals surface area contributed by atoms with E-state index in [1.54, 1.807) is 25.7 Å². The first-order chi connectivity index (χ1) is 8.29. The fraction of sp³-hybridized carbons (Fsp3) is 0.250. The van der Waals surface area contributed by atoms with E-state index in [-0.39, 0.29) is 0 Å². The Hall–Kier alpha value is -2.17. The van der Waals surface area contributed by atoms with Crippen LogP contribution in [0.3, 0.4) is 0 Å². The summed E-state index contributed by atoms with van der Waals surface area (Å²) in [5.74, 6) is 1.42. The third-order valence-electron chi connectivity index (χ3n) is 2.26. The quantitative estimate of drug-likeness (QED) is 0.867. The van der Waals surface area contributed by atoms with Gasteiger partial charge in [-0.1, -0.05) is 0 Å². The summed E-state index contributed by atoms with van der Waals surface area (Å²) in [7, 11) is 1.62. The highest BCUT2D eigenvalue weighted by atomic mass is 16.5. The lowest BCUT2D eigenvalue weighted by molar-refractivity contribution is 0.415. The van der Waals surface area contributed by atoms with Crippen molar-refractivity contribution in [2.24, 2.45) is 0 Å². The molecule has 0 aliphatic rings. The molecule has 0 radical (unpaired) electrons. The number of aromatic nitrogens is 3. The number of ether oxygens (including phenoxy) is 1. The largest absolute Gasteiger partial charge is 0.493 e. The van der Waals surface area contributed by atoms with Crippen LogP contribution in [-0.2, 0) is 6.54 Å². The molecular formula is C12H14N4O. The van der Waals surface area contributed by atoms with Gasteiger partial charge in [-0.2, -0.15) is 0 Å². The fourth-order valence-corrected chi connectivity index (χ4v) is 1.37. The topological polar surface area (TPSA) is 59.9 Å². The van der Waals surface area contributed by atoms with Gasteiger partial charge in [-0.05, 0) is 19.1 Å². The predicted molar refractivity (Wildman–Crippen MR) is 64.9 cm³/mol. The van der Waals surface area contributed by atoms with Gasteiger partial charge in [-0.15, -0.1) is 0 Å². The molecule has 0 bridgehead atoms. The molecule has 5 heteroatoms. The summed E-state index contributed by atoms with van der Waals surface area (Å²) in [5.41, 5.74) is 1.77. The first kappa shape index (κ1) is 11.3. The molecule has 1 N–H and O–H groups in total. The number of anilines is 1. The molecule has 0 saturated heterocycles. The molecule has 0 amide bonds.